The number of halogens is 1. The number of rotatable bonds is 2. The lowest BCUT2D eigenvalue weighted by Crippen LogP contribution is -2.16. The maximum absolute atomic E-state index is 5.78. The molecule has 19 heavy (non-hydrogen) atoms. The van der Waals surface area contributed by atoms with Gasteiger partial charge in [-0.05, 0) is 47.0 Å². The molecule has 3 rings (SSSR count). The first-order chi connectivity index (χ1) is 9.24. The summed E-state index contributed by atoms with van der Waals surface area (Å²) in [4.78, 5) is 4.46. The Bertz CT molecular complexity index is 579. The average molecular weight is 324 g/mol. The summed E-state index contributed by atoms with van der Waals surface area (Å²) in [5.74, 6) is 1.43. The second-order valence-electron chi connectivity index (χ2n) is 4.61. The highest BCUT2D eigenvalue weighted by Crippen LogP contribution is 2.31. The Balaban J connectivity index is 1.89. The van der Waals surface area contributed by atoms with Crippen LogP contribution in [-0.4, -0.2) is 23.4 Å². The van der Waals surface area contributed by atoms with E-state index in [4.69, 9.17) is 15.0 Å². The van der Waals surface area contributed by atoms with Gasteiger partial charge in [0.1, 0.15) is 0 Å². The fourth-order valence-corrected chi connectivity index (χ4v) is 2.58. The van der Waals surface area contributed by atoms with Gasteiger partial charge in [-0.15, -0.1) is 0 Å². The van der Waals surface area contributed by atoms with Crippen molar-refractivity contribution in [1.29, 1.82) is 0 Å². The molecule has 1 aliphatic heterocycles. The third kappa shape index (κ3) is 2.64. The van der Waals surface area contributed by atoms with Gasteiger partial charge in [0.05, 0.1) is 12.2 Å². The molecule has 1 unspecified atom stereocenters. The van der Waals surface area contributed by atoms with E-state index in [9.17, 15) is 0 Å². The van der Waals surface area contributed by atoms with Crippen molar-refractivity contribution in [2.75, 3.05) is 18.9 Å². The predicted molar refractivity (Wildman–Crippen MR) is 74.6 cm³/mol. The number of aromatic nitrogens is 2. The molecule has 1 fully saturated rings. The van der Waals surface area contributed by atoms with E-state index in [2.05, 4.69) is 26.1 Å². The van der Waals surface area contributed by atoms with E-state index in [0.717, 1.165) is 29.5 Å². The van der Waals surface area contributed by atoms with E-state index in [1.54, 1.807) is 0 Å². The Morgan fingerprint density at radius 3 is 3.05 bits per heavy atom. The van der Waals surface area contributed by atoms with Crippen LogP contribution in [0.4, 0.5) is 5.69 Å². The first kappa shape index (κ1) is 12.6. The fraction of sp³-hybridized carbons (Fsp3) is 0.385. The normalized spacial score (nSPS) is 19.5. The van der Waals surface area contributed by atoms with Gasteiger partial charge in [-0.25, -0.2) is 0 Å². The van der Waals surface area contributed by atoms with Gasteiger partial charge >= 0.3 is 0 Å². The zero-order valence-corrected chi connectivity index (χ0v) is 11.9. The van der Waals surface area contributed by atoms with Crippen molar-refractivity contribution in [3.63, 3.8) is 0 Å². The van der Waals surface area contributed by atoms with Crippen molar-refractivity contribution >= 4 is 21.6 Å². The summed E-state index contributed by atoms with van der Waals surface area (Å²) in [5.41, 5.74) is 7.26. The standard InChI is InChI=1S/C13H14BrN3O2/c14-11-4-3-9(15)6-10(11)13-16-12(17-19-13)8-2-1-5-18-7-8/h3-4,6,8H,1-2,5,7,15H2. The van der Waals surface area contributed by atoms with Crippen molar-refractivity contribution in [1.82, 2.24) is 10.1 Å². The van der Waals surface area contributed by atoms with Crippen LogP contribution in [0, 0.1) is 0 Å². The number of anilines is 1. The summed E-state index contributed by atoms with van der Waals surface area (Å²) in [5, 5.41) is 4.06. The third-order valence-corrected chi connectivity index (χ3v) is 3.88. The van der Waals surface area contributed by atoms with E-state index in [-0.39, 0.29) is 5.92 Å². The minimum Gasteiger partial charge on any atom is -0.399 e. The van der Waals surface area contributed by atoms with Gasteiger partial charge in [0.2, 0.25) is 0 Å². The average Bonchev–Trinajstić information content (AvgIpc) is 2.92. The van der Waals surface area contributed by atoms with Gasteiger partial charge in [-0.2, -0.15) is 4.98 Å². The van der Waals surface area contributed by atoms with Crippen LogP contribution in [0.2, 0.25) is 0 Å². The van der Waals surface area contributed by atoms with Crippen LogP contribution in [0.15, 0.2) is 27.2 Å². The van der Waals surface area contributed by atoms with Crippen LogP contribution >= 0.6 is 15.9 Å². The molecule has 1 aliphatic rings. The molecular weight excluding hydrogens is 310 g/mol. The predicted octanol–water partition coefficient (Wildman–Crippen LogP) is 2.98. The van der Waals surface area contributed by atoms with Crippen LogP contribution in [0.3, 0.4) is 0 Å². The second-order valence-corrected chi connectivity index (χ2v) is 5.47. The first-order valence-electron chi connectivity index (χ1n) is 6.21. The first-order valence-corrected chi connectivity index (χ1v) is 7.00. The highest BCUT2D eigenvalue weighted by molar-refractivity contribution is 9.10. The molecule has 6 heteroatoms. The summed E-state index contributed by atoms with van der Waals surface area (Å²) in [7, 11) is 0. The molecule has 0 spiro atoms. The zero-order valence-electron chi connectivity index (χ0n) is 10.3. The fourth-order valence-electron chi connectivity index (χ4n) is 2.16. The van der Waals surface area contributed by atoms with Gasteiger partial charge in [0, 0.05) is 22.7 Å². The maximum atomic E-state index is 5.78. The molecule has 2 N–H and O–H groups in total. The van der Waals surface area contributed by atoms with Crippen molar-refractivity contribution in [2.45, 2.75) is 18.8 Å². The lowest BCUT2D eigenvalue weighted by atomic mass is 10.0. The van der Waals surface area contributed by atoms with E-state index < -0.39 is 0 Å². The molecule has 2 aromatic rings. The number of hydrogen-bond donors (Lipinski definition) is 1. The third-order valence-electron chi connectivity index (χ3n) is 3.19. The highest BCUT2D eigenvalue weighted by Gasteiger charge is 2.22. The van der Waals surface area contributed by atoms with Crippen molar-refractivity contribution in [3.05, 3.63) is 28.5 Å². The van der Waals surface area contributed by atoms with Gasteiger partial charge in [0.15, 0.2) is 5.82 Å². The summed E-state index contributed by atoms with van der Waals surface area (Å²) in [6.07, 6.45) is 2.08. The maximum Gasteiger partial charge on any atom is 0.259 e. The summed E-state index contributed by atoms with van der Waals surface area (Å²) < 4.78 is 11.7. The van der Waals surface area contributed by atoms with Crippen LogP contribution in [0.25, 0.3) is 11.5 Å². The molecule has 0 saturated carbocycles. The number of nitrogens with two attached hydrogens (primary N) is 1. The molecule has 1 aromatic carbocycles. The van der Waals surface area contributed by atoms with Gasteiger partial charge in [-0.3, -0.25) is 0 Å². The Hall–Kier alpha value is -1.40. The second kappa shape index (κ2) is 5.30. The van der Waals surface area contributed by atoms with E-state index in [1.807, 2.05) is 18.2 Å². The molecule has 1 atom stereocenters. The Labute approximate surface area is 119 Å². The molecular formula is C13H14BrN3O2. The summed E-state index contributed by atoms with van der Waals surface area (Å²) >= 11 is 3.46. The molecule has 1 saturated heterocycles. The van der Waals surface area contributed by atoms with E-state index in [0.29, 0.717) is 24.0 Å². The quantitative estimate of drug-likeness (QED) is 0.860. The Morgan fingerprint density at radius 1 is 1.37 bits per heavy atom. The summed E-state index contributed by atoms with van der Waals surface area (Å²) in [6.45, 7) is 1.49. The summed E-state index contributed by atoms with van der Waals surface area (Å²) in [6, 6.07) is 5.51. The van der Waals surface area contributed by atoms with E-state index in [1.165, 1.54) is 0 Å². The van der Waals surface area contributed by atoms with Gasteiger partial charge in [0.25, 0.3) is 5.89 Å². The molecule has 1 aromatic heterocycles. The van der Waals surface area contributed by atoms with Crippen LogP contribution in [0.5, 0.6) is 0 Å². The smallest absolute Gasteiger partial charge is 0.259 e. The molecule has 2 heterocycles. The van der Waals surface area contributed by atoms with Crippen LogP contribution in [0.1, 0.15) is 24.6 Å². The van der Waals surface area contributed by atoms with Crippen LogP contribution in [-0.2, 0) is 4.74 Å². The lowest BCUT2D eigenvalue weighted by Gasteiger charge is -2.18. The topological polar surface area (TPSA) is 74.2 Å². The molecule has 0 radical (unpaired) electrons. The van der Waals surface area contributed by atoms with Crippen molar-refractivity contribution in [2.24, 2.45) is 0 Å². The molecule has 0 bridgehead atoms. The Kier molecular flexibility index (Phi) is 3.52. The lowest BCUT2D eigenvalue weighted by molar-refractivity contribution is 0.0773. The largest absolute Gasteiger partial charge is 0.399 e. The molecule has 100 valence electrons. The monoisotopic (exact) mass is 323 g/mol. The number of nitrogens with zero attached hydrogens (tertiary/aromatic N) is 2. The number of nitrogen functional groups attached to an aromatic ring is 1. The van der Waals surface area contributed by atoms with E-state index >= 15 is 0 Å². The minimum absolute atomic E-state index is 0.228. The van der Waals surface area contributed by atoms with Crippen LogP contribution < -0.4 is 5.73 Å². The number of hydrogen-bond acceptors (Lipinski definition) is 5. The molecule has 0 aliphatic carbocycles. The van der Waals surface area contributed by atoms with Gasteiger partial charge in [-0.1, -0.05) is 5.16 Å². The highest BCUT2D eigenvalue weighted by atomic mass is 79.9. The Morgan fingerprint density at radius 2 is 2.26 bits per heavy atom. The SMILES string of the molecule is Nc1ccc(Br)c(-c2nc(C3CCCOC3)no2)c1. The number of ether oxygens (including phenoxy) is 1. The minimum atomic E-state index is 0.228. The number of benzene rings is 1. The van der Waals surface area contributed by atoms with Crippen molar-refractivity contribution < 1.29 is 9.26 Å². The van der Waals surface area contributed by atoms with Gasteiger partial charge < -0.3 is 15.0 Å². The molecule has 0 amide bonds. The van der Waals surface area contributed by atoms with Crippen molar-refractivity contribution in [3.8, 4) is 11.5 Å². The zero-order chi connectivity index (χ0) is 13.2. The molecule has 5 nitrogen and oxygen atoms in total.